The second kappa shape index (κ2) is 7.55. The van der Waals surface area contributed by atoms with Crippen molar-refractivity contribution in [3.63, 3.8) is 0 Å². The molecular formula is C19H20N2O3S. The van der Waals surface area contributed by atoms with Gasteiger partial charge in [0.05, 0.1) is 5.75 Å². The van der Waals surface area contributed by atoms with Crippen LogP contribution in [0.1, 0.15) is 6.42 Å². The summed E-state index contributed by atoms with van der Waals surface area (Å²) >= 11 is 0. The number of rotatable bonds is 7. The molecule has 0 unspecified atom stereocenters. The van der Waals surface area contributed by atoms with Crippen molar-refractivity contribution >= 4 is 26.5 Å². The first-order chi connectivity index (χ1) is 12.1. The van der Waals surface area contributed by atoms with Crippen LogP contribution < -0.4 is 15.2 Å². The molecule has 6 heteroatoms. The van der Waals surface area contributed by atoms with Gasteiger partial charge in [0.1, 0.15) is 11.5 Å². The average molecular weight is 356 g/mol. The van der Waals surface area contributed by atoms with E-state index in [1.54, 1.807) is 24.3 Å². The Labute approximate surface area is 147 Å². The van der Waals surface area contributed by atoms with E-state index in [-0.39, 0.29) is 5.75 Å². The Hall–Kier alpha value is -2.57. The lowest BCUT2D eigenvalue weighted by molar-refractivity contribution is 0.488. The minimum Gasteiger partial charge on any atom is -0.457 e. The summed E-state index contributed by atoms with van der Waals surface area (Å²) in [5.41, 5.74) is 5.86. The van der Waals surface area contributed by atoms with Crippen LogP contribution in [0.3, 0.4) is 0 Å². The number of nitrogens with one attached hydrogen (secondary N) is 1. The van der Waals surface area contributed by atoms with E-state index in [0.29, 0.717) is 24.4 Å². The molecule has 0 radical (unpaired) electrons. The molecule has 3 aromatic carbocycles. The Morgan fingerprint density at radius 1 is 0.920 bits per heavy atom. The molecule has 0 atom stereocenters. The Bertz CT molecular complexity index is 949. The maximum atomic E-state index is 11.9. The second-order valence-corrected chi connectivity index (χ2v) is 7.51. The Morgan fingerprint density at radius 2 is 1.64 bits per heavy atom. The van der Waals surface area contributed by atoms with Gasteiger partial charge in [0.15, 0.2) is 0 Å². The fraction of sp³-hybridized carbons (Fsp3) is 0.158. The van der Waals surface area contributed by atoms with E-state index in [1.165, 1.54) is 0 Å². The van der Waals surface area contributed by atoms with Gasteiger partial charge >= 0.3 is 0 Å². The van der Waals surface area contributed by atoms with Crippen molar-refractivity contribution in [3.8, 4) is 11.5 Å². The number of hydrogen-bond donors (Lipinski definition) is 2. The predicted octanol–water partition coefficient (Wildman–Crippen LogP) is 3.72. The third-order valence-corrected chi connectivity index (χ3v) is 5.10. The van der Waals surface area contributed by atoms with Gasteiger partial charge in [-0.15, -0.1) is 0 Å². The van der Waals surface area contributed by atoms with Crippen LogP contribution in [0.15, 0.2) is 66.7 Å². The van der Waals surface area contributed by atoms with Crippen molar-refractivity contribution in [2.24, 2.45) is 5.73 Å². The minimum absolute atomic E-state index is 0.0117. The predicted molar refractivity (Wildman–Crippen MR) is 102 cm³/mol. The largest absolute Gasteiger partial charge is 0.457 e. The minimum atomic E-state index is -3.37. The first-order valence-electron chi connectivity index (χ1n) is 8.04. The molecule has 0 heterocycles. The molecule has 3 N–H and O–H groups in total. The SMILES string of the molecule is NCCCS(=O)(=O)Nc1ccc(Oc2cccc3ccccc23)cc1. The molecule has 0 aromatic heterocycles. The molecular weight excluding hydrogens is 336 g/mol. The molecule has 130 valence electrons. The van der Waals surface area contributed by atoms with E-state index in [2.05, 4.69) is 4.72 Å². The van der Waals surface area contributed by atoms with Crippen LogP contribution in [0.2, 0.25) is 0 Å². The molecule has 0 aliphatic carbocycles. The van der Waals surface area contributed by atoms with E-state index < -0.39 is 10.0 Å². The third-order valence-electron chi connectivity index (χ3n) is 3.72. The van der Waals surface area contributed by atoms with E-state index in [9.17, 15) is 8.42 Å². The van der Waals surface area contributed by atoms with E-state index in [0.717, 1.165) is 16.5 Å². The zero-order valence-corrected chi connectivity index (χ0v) is 14.5. The Balaban J connectivity index is 1.74. The third kappa shape index (κ3) is 4.49. The van der Waals surface area contributed by atoms with Crippen molar-refractivity contribution in [1.82, 2.24) is 0 Å². The van der Waals surface area contributed by atoms with Crippen LogP contribution in [-0.4, -0.2) is 20.7 Å². The molecule has 0 aliphatic rings. The number of sulfonamides is 1. The van der Waals surface area contributed by atoms with Gasteiger partial charge in [-0.05, 0) is 48.7 Å². The van der Waals surface area contributed by atoms with E-state index in [4.69, 9.17) is 10.5 Å². The number of hydrogen-bond acceptors (Lipinski definition) is 4. The molecule has 0 bridgehead atoms. The van der Waals surface area contributed by atoms with Crippen LogP contribution >= 0.6 is 0 Å². The number of ether oxygens (including phenoxy) is 1. The number of benzene rings is 3. The summed E-state index contributed by atoms with van der Waals surface area (Å²) in [6, 6.07) is 20.7. The summed E-state index contributed by atoms with van der Waals surface area (Å²) in [6.45, 7) is 0.346. The normalized spacial score (nSPS) is 11.4. The molecule has 0 fully saturated rings. The van der Waals surface area contributed by atoms with Gasteiger partial charge in [-0.2, -0.15) is 0 Å². The standard InChI is InChI=1S/C19H20N2O3S/c20-13-4-14-25(22,23)21-16-9-11-17(12-10-16)24-19-8-3-6-15-5-1-2-7-18(15)19/h1-3,5-12,21H,4,13-14,20H2. The lowest BCUT2D eigenvalue weighted by atomic mass is 10.1. The van der Waals surface area contributed by atoms with Crippen molar-refractivity contribution in [1.29, 1.82) is 0 Å². The van der Waals surface area contributed by atoms with Gasteiger partial charge in [0, 0.05) is 11.1 Å². The topological polar surface area (TPSA) is 81.4 Å². The quantitative estimate of drug-likeness (QED) is 0.676. The lowest BCUT2D eigenvalue weighted by Crippen LogP contribution is -2.18. The molecule has 0 spiro atoms. The Morgan fingerprint density at radius 3 is 2.40 bits per heavy atom. The van der Waals surface area contributed by atoms with Crippen LogP contribution in [0.5, 0.6) is 11.5 Å². The first-order valence-corrected chi connectivity index (χ1v) is 9.69. The number of nitrogens with two attached hydrogens (primary N) is 1. The zero-order valence-electron chi connectivity index (χ0n) is 13.7. The lowest BCUT2D eigenvalue weighted by Gasteiger charge is -2.11. The van der Waals surface area contributed by atoms with E-state index in [1.807, 2.05) is 42.5 Å². The fourth-order valence-electron chi connectivity index (χ4n) is 2.51. The molecule has 0 saturated heterocycles. The van der Waals surface area contributed by atoms with Gasteiger partial charge in [0.2, 0.25) is 10.0 Å². The molecule has 5 nitrogen and oxygen atoms in total. The average Bonchev–Trinajstić information content (AvgIpc) is 2.62. The molecule has 3 aromatic rings. The van der Waals surface area contributed by atoms with Gasteiger partial charge in [0.25, 0.3) is 0 Å². The van der Waals surface area contributed by atoms with Gasteiger partial charge in [-0.3, -0.25) is 4.72 Å². The summed E-state index contributed by atoms with van der Waals surface area (Å²) in [5, 5.41) is 2.13. The van der Waals surface area contributed by atoms with Crippen LogP contribution in [0.4, 0.5) is 5.69 Å². The van der Waals surface area contributed by atoms with Gasteiger partial charge in [-0.1, -0.05) is 36.4 Å². The maximum absolute atomic E-state index is 11.9. The molecule has 25 heavy (non-hydrogen) atoms. The summed E-state index contributed by atoms with van der Waals surface area (Å²) in [7, 11) is -3.37. The monoisotopic (exact) mass is 356 g/mol. The smallest absolute Gasteiger partial charge is 0.232 e. The summed E-state index contributed by atoms with van der Waals surface area (Å²) in [5.74, 6) is 1.41. The first kappa shape index (κ1) is 17.3. The highest BCUT2D eigenvalue weighted by atomic mass is 32.2. The Kier molecular flexibility index (Phi) is 5.21. The van der Waals surface area contributed by atoms with Gasteiger partial charge in [-0.25, -0.2) is 8.42 Å². The molecule has 3 rings (SSSR count). The highest BCUT2D eigenvalue weighted by Gasteiger charge is 2.10. The van der Waals surface area contributed by atoms with Gasteiger partial charge < -0.3 is 10.5 Å². The van der Waals surface area contributed by atoms with E-state index >= 15 is 0 Å². The molecule has 0 saturated carbocycles. The maximum Gasteiger partial charge on any atom is 0.232 e. The van der Waals surface area contributed by atoms with Crippen molar-refractivity contribution in [2.75, 3.05) is 17.0 Å². The number of anilines is 1. The van der Waals surface area contributed by atoms with Crippen molar-refractivity contribution in [2.45, 2.75) is 6.42 Å². The highest BCUT2D eigenvalue weighted by Crippen LogP contribution is 2.30. The van der Waals surface area contributed by atoms with Crippen LogP contribution in [0.25, 0.3) is 10.8 Å². The summed E-state index contributed by atoms with van der Waals surface area (Å²) in [4.78, 5) is 0. The summed E-state index contributed by atoms with van der Waals surface area (Å²) < 4.78 is 32.2. The molecule has 0 amide bonds. The fourth-order valence-corrected chi connectivity index (χ4v) is 3.65. The second-order valence-electron chi connectivity index (χ2n) is 5.67. The zero-order chi connectivity index (χ0) is 17.7. The van der Waals surface area contributed by atoms with Crippen LogP contribution in [-0.2, 0) is 10.0 Å². The summed E-state index contributed by atoms with van der Waals surface area (Å²) in [6.07, 6.45) is 0.428. The molecule has 0 aliphatic heterocycles. The van der Waals surface area contributed by atoms with Crippen LogP contribution in [0, 0.1) is 0 Å². The van der Waals surface area contributed by atoms with Crippen molar-refractivity contribution in [3.05, 3.63) is 66.7 Å². The highest BCUT2D eigenvalue weighted by molar-refractivity contribution is 7.92. The number of fused-ring (bicyclic) bond motifs is 1. The van der Waals surface area contributed by atoms with Crippen molar-refractivity contribution < 1.29 is 13.2 Å².